The summed E-state index contributed by atoms with van der Waals surface area (Å²) in [4.78, 5) is 11.7. The van der Waals surface area contributed by atoms with Gasteiger partial charge in [0.15, 0.2) is 0 Å². The van der Waals surface area contributed by atoms with Crippen LogP contribution in [0.5, 0.6) is 0 Å². The minimum Gasteiger partial charge on any atom is -0.466 e. The monoisotopic (exact) mass is 382 g/mol. The highest BCUT2D eigenvalue weighted by Crippen LogP contribution is 2.34. The van der Waals surface area contributed by atoms with Gasteiger partial charge in [-0.3, -0.25) is 4.79 Å². The second-order valence-corrected chi connectivity index (χ2v) is 6.90. The van der Waals surface area contributed by atoms with Gasteiger partial charge in [-0.25, -0.2) is 0 Å². The van der Waals surface area contributed by atoms with E-state index >= 15 is 0 Å². The Morgan fingerprint density at radius 1 is 1.37 bits per heavy atom. The van der Waals surface area contributed by atoms with E-state index in [1.165, 1.54) is 12.8 Å². The van der Waals surface area contributed by atoms with E-state index in [1.54, 1.807) is 0 Å². The molecule has 0 N–H and O–H groups in total. The lowest BCUT2D eigenvalue weighted by molar-refractivity contribution is -0.148. The van der Waals surface area contributed by atoms with Crippen molar-refractivity contribution >= 4 is 28.6 Å². The van der Waals surface area contributed by atoms with Crippen molar-refractivity contribution in [2.45, 2.75) is 55.2 Å². The van der Waals surface area contributed by atoms with E-state index < -0.39 is 0 Å². The summed E-state index contributed by atoms with van der Waals surface area (Å²) in [5, 5.41) is 0. The van der Waals surface area contributed by atoms with Crippen LogP contribution < -0.4 is 0 Å². The molecule has 1 aliphatic carbocycles. The van der Waals surface area contributed by atoms with Crippen LogP contribution in [0.15, 0.2) is 0 Å². The fraction of sp³-hybridized carbons (Fsp3) is 0.929. The van der Waals surface area contributed by atoms with Gasteiger partial charge in [-0.05, 0) is 39.0 Å². The van der Waals surface area contributed by atoms with Gasteiger partial charge in [-0.15, -0.1) is 0 Å². The summed E-state index contributed by atoms with van der Waals surface area (Å²) in [6.07, 6.45) is 5.58. The number of hydrogen-bond acceptors (Lipinski definition) is 4. The lowest BCUT2D eigenvalue weighted by Gasteiger charge is -2.25. The van der Waals surface area contributed by atoms with Crippen LogP contribution in [0, 0.1) is 5.92 Å². The molecule has 1 saturated heterocycles. The number of carbonyl (C=O) groups is 1. The Kier molecular flexibility index (Phi) is 6.35. The van der Waals surface area contributed by atoms with Crippen LogP contribution in [0.1, 0.15) is 39.0 Å². The number of alkyl halides is 1. The molecule has 5 heteroatoms. The average Bonchev–Trinajstić information content (AvgIpc) is 2.79. The third kappa shape index (κ3) is 4.56. The van der Waals surface area contributed by atoms with Crippen LogP contribution in [0.4, 0.5) is 0 Å². The number of ether oxygens (including phenoxy) is 3. The number of carbonyl (C=O) groups excluding carboxylic acids is 1. The molecule has 0 aromatic carbocycles. The Morgan fingerprint density at radius 2 is 2.21 bits per heavy atom. The zero-order valence-electron chi connectivity index (χ0n) is 11.5. The van der Waals surface area contributed by atoms with Gasteiger partial charge in [-0.2, -0.15) is 0 Å². The van der Waals surface area contributed by atoms with Crippen molar-refractivity contribution in [1.82, 2.24) is 0 Å². The topological polar surface area (TPSA) is 44.8 Å². The van der Waals surface area contributed by atoms with E-state index in [0.29, 0.717) is 17.1 Å². The van der Waals surface area contributed by atoms with Crippen molar-refractivity contribution < 1.29 is 19.0 Å². The molecule has 1 aliphatic heterocycles. The molecule has 0 spiro atoms. The summed E-state index contributed by atoms with van der Waals surface area (Å²) in [6.45, 7) is 3.84. The molecule has 0 aromatic heterocycles. The van der Waals surface area contributed by atoms with Gasteiger partial charge in [0.25, 0.3) is 0 Å². The normalized spacial score (nSPS) is 35.3. The van der Waals surface area contributed by atoms with Crippen LogP contribution in [0.3, 0.4) is 0 Å². The summed E-state index contributed by atoms with van der Waals surface area (Å²) in [7, 11) is 0. The Morgan fingerprint density at radius 3 is 2.89 bits per heavy atom. The molecule has 0 radical (unpaired) electrons. The first-order chi connectivity index (χ1) is 9.20. The Labute approximate surface area is 128 Å². The zero-order valence-corrected chi connectivity index (χ0v) is 13.6. The van der Waals surface area contributed by atoms with Crippen molar-refractivity contribution in [3.8, 4) is 0 Å². The largest absolute Gasteiger partial charge is 0.466 e. The standard InChI is InChI=1S/C14H23IO4/c1-2-17-14(16)10-7-12(15)13(8-10)19-9-11-5-3-4-6-18-11/h10-13H,2-9H2,1H3. The smallest absolute Gasteiger partial charge is 0.309 e. The number of halogens is 1. The van der Waals surface area contributed by atoms with Gasteiger partial charge in [0.2, 0.25) is 0 Å². The third-order valence-corrected chi connectivity index (χ3v) is 5.13. The van der Waals surface area contributed by atoms with Crippen molar-refractivity contribution in [3.05, 3.63) is 0 Å². The van der Waals surface area contributed by atoms with Gasteiger partial charge >= 0.3 is 5.97 Å². The predicted molar refractivity (Wildman–Crippen MR) is 80.5 cm³/mol. The SMILES string of the molecule is CCOC(=O)C1CC(I)C(OCC2CCCCO2)C1. The number of rotatable bonds is 5. The van der Waals surface area contributed by atoms with E-state index in [2.05, 4.69) is 22.6 Å². The van der Waals surface area contributed by atoms with Crippen LogP contribution in [-0.2, 0) is 19.0 Å². The van der Waals surface area contributed by atoms with Gasteiger partial charge in [0.05, 0.1) is 31.3 Å². The van der Waals surface area contributed by atoms with Crippen LogP contribution in [0.2, 0.25) is 0 Å². The lowest BCUT2D eigenvalue weighted by Crippen LogP contribution is -2.29. The average molecular weight is 382 g/mol. The zero-order chi connectivity index (χ0) is 13.7. The summed E-state index contributed by atoms with van der Waals surface area (Å²) in [5.41, 5.74) is 0. The highest BCUT2D eigenvalue weighted by Gasteiger charge is 2.38. The lowest BCUT2D eigenvalue weighted by atomic mass is 10.1. The first-order valence-corrected chi connectivity index (χ1v) is 8.49. The van der Waals surface area contributed by atoms with Crippen molar-refractivity contribution in [2.24, 2.45) is 5.92 Å². The quantitative estimate of drug-likeness (QED) is 0.417. The van der Waals surface area contributed by atoms with E-state index in [0.717, 1.165) is 25.9 Å². The number of hydrogen-bond donors (Lipinski definition) is 0. The van der Waals surface area contributed by atoms with E-state index in [-0.39, 0.29) is 24.1 Å². The molecule has 4 nitrogen and oxygen atoms in total. The van der Waals surface area contributed by atoms with Gasteiger partial charge in [0.1, 0.15) is 0 Å². The minimum absolute atomic E-state index is 0.0131. The van der Waals surface area contributed by atoms with Crippen LogP contribution in [-0.4, -0.2) is 41.9 Å². The Bertz CT molecular complexity index is 291. The van der Waals surface area contributed by atoms with Crippen LogP contribution >= 0.6 is 22.6 Å². The molecular weight excluding hydrogens is 359 g/mol. The first kappa shape index (κ1) is 15.5. The molecule has 2 aliphatic rings. The number of esters is 1. The highest BCUT2D eigenvalue weighted by atomic mass is 127. The van der Waals surface area contributed by atoms with Crippen molar-refractivity contribution in [3.63, 3.8) is 0 Å². The molecule has 2 rings (SSSR count). The molecule has 2 fully saturated rings. The second-order valence-electron chi connectivity index (χ2n) is 5.30. The molecule has 4 unspecified atom stereocenters. The highest BCUT2D eigenvalue weighted by molar-refractivity contribution is 14.1. The summed E-state index contributed by atoms with van der Waals surface area (Å²) in [5.74, 6) is -0.0525. The fourth-order valence-electron chi connectivity index (χ4n) is 2.74. The van der Waals surface area contributed by atoms with E-state index in [1.807, 2.05) is 6.92 Å². The van der Waals surface area contributed by atoms with E-state index in [9.17, 15) is 4.79 Å². The molecule has 110 valence electrons. The minimum atomic E-state index is -0.0656. The summed E-state index contributed by atoms with van der Waals surface area (Å²) in [6, 6.07) is 0. The molecule has 0 aromatic rings. The molecule has 19 heavy (non-hydrogen) atoms. The molecule has 0 bridgehead atoms. The van der Waals surface area contributed by atoms with Crippen molar-refractivity contribution in [1.29, 1.82) is 0 Å². The molecule has 1 heterocycles. The van der Waals surface area contributed by atoms with Gasteiger partial charge < -0.3 is 14.2 Å². The maximum atomic E-state index is 11.7. The van der Waals surface area contributed by atoms with Gasteiger partial charge in [0, 0.05) is 10.5 Å². The van der Waals surface area contributed by atoms with Crippen LogP contribution in [0.25, 0.3) is 0 Å². The van der Waals surface area contributed by atoms with Gasteiger partial charge in [-0.1, -0.05) is 22.6 Å². The van der Waals surface area contributed by atoms with Crippen molar-refractivity contribution in [2.75, 3.05) is 19.8 Å². The summed E-state index contributed by atoms with van der Waals surface area (Å²) >= 11 is 2.39. The third-order valence-electron chi connectivity index (χ3n) is 3.82. The Hall–Kier alpha value is 0.120. The second kappa shape index (κ2) is 7.78. The van der Waals surface area contributed by atoms with E-state index in [4.69, 9.17) is 14.2 Å². The maximum absolute atomic E-state index is 11.7. The first-order valence-electron chi connectivity index (χ1n) is 7.24. The summed E-state index contributed by atoms with van der Waals surface area (Å²) < 4.78 is 17.1. The molecular formula is C14H23IO4. The predicted octanol–water partition coefficient (Wildman–Crippen LogP) is 2.72. The molecule has 4 atom stereocenters. The Balaban J connectivity index is 1.73. The maximum Gasteiger partial charge on any atom is 0.309 e. The molecule has 1 saturated carbocycles. The molecule has 0 amide bonds. The fourth-order valence-corrected chi connectivity index (χ4v) is 3.86.